The predicted molar refractivity (Wildman–Crippen MR) is 56.1 cm³/mol. The van der Waals surface area contributed by atoms with Gasteiger partial charge < -0.3 is 9.52 Å². The molecule has 84 valence electrons. The number of aliphatic carboxylic acids is 1. The van der Waals surface area contributed by atoms with Crippen LogP contribution in [0.3, 0.4) is 0 Å². The van der Waals surface area contributed by atoms with E-state index in [4.69, 9.17) is 9.52 Å². The molecule has 2 aromatic rings. The largest absolute Gasteiger partial charge is 0.481 e. The van der Waals surface area contributed by atoms with E-state index in [1.165, 1.54) is 11.3 Å². The first kappa shape index (κ1) is 10.7. The van der Waals surface area contributed by atoms with Crippen molar-refractivity contribution in [3.63, 3.8) is 0 Å². The first-order chi connectivity index (χ1) is 7.65. The lowest BCUT2D eigenvalue weighted by molar-refractivity contribution is -0.137. The minimum Gasteiger partial charge on any atom is -0.481 e. The standard InChI is InChI=1S/C9H9N3O3S/c1-5-10-4-6(16-5)9-12-11-7(15-9)2-3-8(13)14/h4H,2-3H2,1H3,(H,13,14). The monoisotopic (exact) mass is 239 g/mol. The molecule has 1 N–H and O–H groups in total. The normalized spacial score (nSPS) is 10.6. The first-order valence-electron chi connectivity index (χ1n) is 4.62. The molecule has 6 nitrogen and oxygen atoms in total. The van der Waals surface area contributed by atoms with E-state index in [1.54, 1.807) is 6.20 Å². The molecular formula is C9H9N3O3S. The molecule has 0 saturated carbocycles. The number of aromatic nitrogens is 3. The van der Waals surface area contributed by atoms with Crippen LogP contribution in [0.25, 0.3) is 10.8 Å². The maximum Gasteiger partial charge on any atom is 0.303 e. The Labute approximate surface area is 95.0 Å². The second-order valence-corrected chi connectivity index (χ2v) is 4.37. The Morgan fingerprint density at radius 3 is 3.00 bits per heavy atom. The van der Waals surface area contributed by atoms with Crippen molar-refractivity contribution in [3.8, 4) is 10.8 Å². The molecule has 0 aliphatic heterocycles. The van der Waals surface area contributed by atoms with E-state index >= 15 is 0 Å². The second kappa shape index (κ2) is 4.40. The molecule has 0 aromatic carbocycles. The average Bonchev–Trinajstić information content (AvgIpc) is 2.83. The summed E-state index contributed by atoms with van der Waals surface area (Å²) in [6.45, 7) is 1.88. The molecule has 0 bridgehead atoms. The van der Waals surface area contributed by atoms with Gasteiger partial charge in [0.2, 0.25) is 5.89 Å². The summed E-state index contributed by atoms with van der Waals surface area (Å²) in [5.41, 5.74) is 0. The molecule has 0 aliphatic carbocycles. The van der Waals surface area contributed by atoms with Crippen LogP contribution in [0.5, 0.6) is 0 Å². The van der Waals surface area contributed by atoms with Crippen molar-refractivity contribution in [1.29, 1.82) is 0 Å². The van der Waals surface area contributed by atoms with Crippen LogP contribution in [0.15, 0.2) is 10.6 Å². The van der Waals surface area contributed by atoms with Crippen molar-refractivity contribution in [1.82, 2.24) is 15.2 Å². The van der Waals surface area contributed by atoms with Gasteiger partial charge >= 0.3 is 5.97 Å². The fourth-order valence-corrected chi connectivity index (χ4v) is 1.83. The molecule has 0 atom stereocenters. The maximum atomic E-state index is 10.4. The lowest BCUT2D eigenvalue weighted by Crippen LogP contribution is -1.97. The smallest absolute Gasteiger partial charge is 0.303 e. The molecule has 2 rings (SSSR count). The summed E-state index contributed by atoms with van der Waals surface area (Å²) in [4.78, 5) is 15.2. The SMILES string of the molecule is Cc1ncc(-c2nnc(CCC(=O)O)o2)s1. The molecule has 2 heterocycles. The molecule has 7 heteroatoms. The third kappa shape index (κ3) is 2.43. The zero-order valence-corrected chi connectivity index (χ0v) is 9.32. The third-order valence-electron chi connectivity index (χ3n) is 1.85. The van der Waals surface area contributed by atoms with Crippen LogP contribution in [0.1, 0.15) is 17.3 Å². The van der Waals surface area contributed by atoms with Crippen molar-refractivity contribution in [3.05, 3.63) is 17.1 Å². The number of carboxylic acids is 1. The van der Waals surface area contributed by atoms with E-state index < -0.39 is 5.97 Å². The molecule has 0 amide bonds. The minimum atomic E-state index is -0.881. The van der Waals surface area contributed by atoms with E-state index in [0.29, 0.717) is 11.8 Å². The average molecular weight is 239 g/mol. The summed E-state index contributed by atoms with van der Waals surface area (Å²) in [6, 6.07) is 0. The molecule has 16 heavy (non-hydrogen) atoms. The zero-order chi connectivity index (χ0) is 11.5. The Bertz CT molecular complexity index is 506. The summed E-state index contributed by atoms with van der Waals surface area (Å²) < 4.78 is 5.32. The van der Waals surface area contributed by atoms with Crippen LogP contribution in [-0.4, -0.2) is 26.3 Å². The van der Waals surface area contributed by atoms with Crippen LogP contribution in [0.4, 0.5) is 0 Å². The van der Waals surface area contributed by atoms with Crippen molar-refractivity contribution in [2.75, 3.05) is 0 Å². The molecule has 0 saturated heterocycles. The van der Waals surface area contributed by atoms with Crippen LogP contribution in [-0.2, 0) is 11.2 Å². The van der Waals surface area contributed by atoms with Gasteiger partial charge in [0.15, 0.2) is 0 Å². The molecule has 0 unspecified atom stereocenters. The highest BCUT2D eigenvalue weighted by Gasteiger charge is 2.11. The second-order valence-electron chi connectivity index (χ2n) is 3.14. The van der Waals surface area contributed by atoms with Crippen molar-refractivity contribution in [2.45, 2.75) is 19.8 Å². The van der Waals surface area contributed by atoms with E-state index in [-0.39, 0.29) is 12.8 Å². The summed E-state index contributed by atoms with van der Waals surface area (Å²) in [6.07, 6.45) is 1.90. The van der Waals surface area contributed by atoms with Gasteiger partial charge in [-0.05, 0) is 6.92 Å². The van der Waals surface area contributed by atoms with E-state index in [2.05, 4.69) is 15.2 Å². The van der Waals surface area contributed by atoms with Crippen molar-refractivity contribution in [2.24, 2.45) is 0 Å². The van der Waals surface area contributed by atoms with Gasteiger partial charge in [0, 0.05) is 6.42 Å². The highest BCUT2D eigenvalue weighted by molar-refractivity contribution is 7.14. The van der Waals surface area contributed by atoms with Gasteiger partial charge in [-0.2, -0.15) is 0 Å². The van der Waals surface area contributed by atoms with Crippen LogP contribution < -0.4 is 0 Å². The Hall–Kier alpha value is -1.76. The van der Waals surface area contributed by atoms with Crippen molar-refractivity contribution < 1.29 is 14.3 Å². The van der Waals surface area contributed by atoms with Gasteiger partial charge in [0.25, 0.3) is 5.89 Å². The fourth-order valence-electron chi connectivity index (χ4n) is 1.13. The van der Waals surface area contributed by atoms with Gasteiger partial charge in [-0.1, -0.05) is 0 Å². The molecule has 0 aliphatic rings. The minimum absolute atomic E-state index is 0.0106. The molecular weight excluding hydrogens is 230 g/mol. The van der Waals surface area contributed by atoms with Gasteiger partial charge in [-0.15, -0.1) is 21.5 Å². The quantitative estimate of drug-likeness (QED) is 0.870. The number of thiazole rings is 1. The van der Waals surface area contributed by atoms with Crippen LogP contribution in [0.2, 0.25) is 0 Å². The molecule has 2 aromatic heterocycles. The zero-order valence-electron chi connectivity index (χ0n) is 8.51. The topological polar surface area (TPSA) is 89.1 Å². The maximum absolute atomic E-state index is 10.4. The Morgan fingerprint density at radius 2 is 2.38 bits per heavy atom. The van der Waals surface area contributed by atoms with Gasteiger partial charge in [-0.3, -0.25) is 4.79 Å². The predicted octanol–water partition coefficient (Wildman–Crippen LogP) is 1.52. The molecule has 0 fully saturated rings. The van der Waals surface area contributed by atoms with Gasteiger partial charge in [0.05, 0.1) is 17.6 Å². The highest BCUT2D eigenvalue weighted by Crippen LogP contribution is 2.24. The summed E-state index contributed by atoms with van der Waals surface area (Å²) in [5.74, 6) is -0.150. The van der Waals surface area contributed by atoms with E-state index in [0.717, 1.165) is 9.88 Å². The number of hydrogen-bond acceptors (Lipinski definition) is 6. The highest BCUT2D eigenvalue weighted by atomic mass is 32.1. The lowest BCUT2D eigenvalue weighted by atomic mass is 10.3. The number of aryl methyl sites for hydroxylation is 2. The van der Waals surface area contributed by atoms with Gasteiger partial charge in [0.1, 0.15) is 4.88 Å². The number of rotatable bonds is 4. The number of hydrogen-bond donors (Lipinski definition) is 1. The summed E-state index contributed by atoms with van der Waals surface area (Å²) in [7, 11) is 0. The van der Waals surface area contributed by atoms with Crippen molar-refractivity contribution >= 4 is 17.3 Å². The summed E-state index contributed by atoms with van der Waals surface area (Å²) in [5, 5.41) is 17.0. The Morgan fingerprint density at radius 1 is 1.56 bits per heavy atom. The number of carboxylic acid groups (broad SMARTS) is 1. The van der Waals surface area contributed by atoms with Gasteiger partial charge in [-0.25, -0.2) is 4.98 Å². The fraction of sp³-hybridized carbons (Fsp3) is 0.333. The van der Waals surface area contributed by atoms with Crippen LogP contribution >= 0.6 is 11.3 Å². The van der Waals surface area contributed by atoms with E-state index in [9.17, 15) is 4.79 Å². The molecule has 0 spiro atoms. The van der Waals surface area contributed by atoms with Crippen LogP contribution in [0, 0.1) is 6.92 Å². The molecule has 0 radical (unpaired) electrons. The van der Waals surface area contributed by atoms with E-state index in [1.807, 2.05) is 6.92 Å². The Kier molecular flexibility index (Phi) is 2.95. The lowest BCUT2D eigenvalue weighted by Gasteiger charge is -1.88. The number of carbonyl (C=O) groups is 1. The summed E-state index contributed by atoms with van der Waals surface area (Å²) >= 11 is 1.45. The Balaban J connectivity index is 2.10. The number of nitrogens with zero attached hydrogens (tertiary/aromatic N) is 3. The first-order valence-corrected chi connectivity index (χ1v) is 5.44. The third-order valence-corrected chi connectivity index (χ3v) is 2.75.